The predicted octanol–water partition coefficient (Wildman–Crippen LogP) is -0.989. The van der Waals surface area contributed by atoms with Crippen molar-refractivity contribution < 1.29 is 14.7 Å². The first-order valence-electron chi connectivity index (χ1n) is 4.35. The number of hydrogen-bond donors (Lipinski definition) is 3. The minimum Gasteiger partial charge on any atom is -0.396 e. The Morgan fingerprint density at radius 3 is 2.46 bits per heavy atom. The summed E-state index contributed by atoms with van der Waals surface area (Å²) in [6.07, 6.45) is 0.692. The van der Waals surface area contributed by atoms with Crippen molar-refractivity contribution in [3.05, 3.63) is 0 Å². The summed E-state index contributed by atoms with van der Waals surface area (Å²) in [6, 6.07) is 0. The van der Waals surface area contributed by atoms with Crippen LogP contribution >= 0.6 is 0 Å². The highest BCUT2D eigenvalue weighted by Gasteiger charge is 2.03. The Balaban J connectivity index is 3.40. The van der Waals surface area contributed by atoms with Crippen LogP contribution < -0.4 is 10.6 Å². The molecule has 3 N–H and O–H groups in total. The lowest BCUT2D eigenvalue weighted by molar-refractivity contribution is -0.126. The van der Waals surface area contributed by atoms with Gasteiger partial charge in [0.1, 0.15) is 0 Å². The second kappa shape index (κ2) is 7.54. The average Bonchev–Trinajstić information content (AvgIpc) is 2.12. The number of hydrogen-bond acceptors (Lipinski definition) is 3. The van der Waals surface area contributed by atoms with Gasteiger partial charge in [0.05, 0.1) is 6.54 Å². The molecule has 0 aliphatic carbocycles. The van der Waals surface area contributed by atoms with Crippen LogP contribution in [0, 0.1) is 0 Å². The lowest BCUT2D eigenvalue weighted by Gasteiger charge is -2.04. The highest BCUT2D eigenvalue weighted by Crippen LogP contribution is 1.85. The fourth-order valence-corrected chi connectivity index (χ4v) is 0.767. The van der Waals surface area contributed by atoms with Gasteiger partial charge in [0.2, 0.25) is 11.8 Å². The molecule has 0 aliphatic rings. The van der Waals surface area contributed by atoms with Crippen molar-refractivity contribution in [1.29, 1.82) is 0 Å². The van der Waals surface area contributed by atoms with Gasteiger partial charge >= 0.3 is 0 Å². The van der Waals surface area contributed by atoms with E-state index >= 15 is 0 Å². The van der Waals surface area contributed by atoms with Crippen molar-refractivity contribution in [3.63, 3.8) is 0 Å². The van der Waals surface area contributed by atoms with Crippen molar-refractivity contribution in [2.75, 3.05) is 19.7 Å². The van der Waals surface area contributed by atoms with Crippen LogP contribution in [0.15, 0.2) is 0 Å². The topological polar surface area (TPSA) is 78.4 Å². The molecule has 13 heavy (non-hydrogen) atoms. The van der Waals surface area contributed by atoms with Gasteiger partial charge in [0, 0.05) is 19.6 Å². The number of rotatable bonds is 6. The Hall–Kier alpha value is -1.10. The number of amides is 2. The largest absolute Gasteiger partial charge is 0.396 e. The number of aliphatic hydroxyl groups is 1. The standard InChI is InChI=1S/C8H16N2O3/c1-2-9-8(13)6-10-7(12)4-3-5-11/h11H,2-6H2,1H3,(H,9,13)(H,10,12). The SMILES string of the molecule is CCNC(=O)CNC(=O)CCCO. The van der Waals surface area contributed by atoms with E-state index < -0.39 is 0 Å². The molecule has 5 nitrogen and oxygen atoms in total. The molecule has 0 fully saturated rings. The second-order valence-corrected chi connectivity index (χ2v) is 2.56. The fourth-order valence-electron chi connectivity index (χ4n) is 0.767. The average molecular weight is 188 g/mol. The Morgan fingerprint density at radius 1 is 1.23 bits per heavy atom. The minimum atomic E-state index is -0.208. The van der Waals surface area contributed by atoms with Gasteiger partial charge in [0.25, 0.3) is 0 Å². The maximum absolute atomic E-state index is 10.9. The van der Waals surface area contributed by atoms with E-state index in [-0.39, 0.29) is 31.4 Å². The van der Waals surface area contributed by atoms with Crippen LogP contribution in [-0.4, -0.2) is 36.6 Å². The number of carbonyl (C=O) groups excluding carboxylic acids is 2. The van der Waals surface area contributed by atoms with Crippen molar-refractivity contribution in [3.8, 4) is 0 Å². The third-order valence-electron chi connectivity index (χ3n) is 1.38. The molecule has 0 unspecified atom stereocenters. The summed E-state index contributed by atoms with van der Waals surface area (Å²) in [6.45, 7) is 2.38. The zero-order valence-corrected chi connectivity index (χ0v) is 7.80. The molecule has 0 aliphatic heterocycles. The summed E-state index contributed by atoms with van der Waals surface area (Å²) in [5.74, 6) is -0.403. The Morgan fingerprint density at radius 2 is 1.92 bits per heavy atom. The molecule has 0 atom stereocenters. The molecule has 0 saturated carbocycles. The van der Waals surface area contributed by atoms with Crippen molar-refractivity contribution in [2.24, 2.45) is 0 Å². The molecule has 76 valence electrons. The summed E-state index contributed by atoms with van der Waals surface area (Å²) in [7, 11) is 0. The minimum absolute atomic E-state index is 0.00538. The van der Waals surface area contributed by atoms with Crippen LogP contribution in [0.4, 0.5) is 0 Å². The van der Waals surface area contributed by atoms with Gasteiger partial charge in [-0.25, -0.2) is 0 Å². The second-order valence-electron chi connectivity index (χ2n) is 2.56. The van der Waals surface area contributed by atoms with Gasteiger partial charge in [-0.05, 0) is 13.3 Å². The van der Waals surface area contributed by atoms with E-state index in [4.69, 9.17) is 5.11 Å². The highest BCUT2D eigenvalue weighted by molar-refractivity contribution is 5.84. The van der Waals surface area contributed by atoms with Gasteiger partial charge in [0.15, 0.2) is 0 Å². The van der Waals surface area contributed by atoms with E-state index in [2.05, 4.69) is 10.6 Å². The smallest absolute Gasteiger partial charge is 0.239 e. The lowest BCUT2D eigenvalue weighted by Crippen LogP contribution is -2.36. The molecular formula is C8H16N2O3. The molecule has 0 aromatic carbocycles. The zero-order valence-electron chi connectivity index (χ0n) is 7.80. The number of nitrogens with one attached hydrogen (secondary N) is 2. The Kier molecular flexibility index (Phi) is 6.91. The van der Waals surface area contributed by atoms with Crippen LogP contribution in [-0.2, 0) is 9.59 Å². The van der Waals surface area contributed by atoms with Crippen molar-refractivity contribution in [2.45, 2.75) is 19.8 Å². The highest BCUT2D eigenvalue weighted by atomic mass is 16.3. The maximum atomic E-state index is 10.9. The van der Waals surface area contributed by atoms with Crippen molar-refractivity contribution >= 4 is 11.8 Å². The summed E-state index contributed by atoms with van der Waals surface area (Å²) in [5, 5.41) is 13.4. The number of aliphatic hydroxyl groups excluding tert-OH is 1. The predicted molar refractivity (Wildman–Crippen MR) is 48.0 cm³/mol. The molecule has 0 aromatic rings. The van der Waals surface area contributed by atoms with Crippen LogP contribution in [0.25, 0.3) is 0 Å². The number of likely N-dealkylation sites (N-methyl/N-ethyl adjacent to an activating group) is 1. The molecule has 2 amide bonds. The first-order valence-corrected chi connectivity index (χ1v) is 4.35. The van der Waals surface area contributed by atoms with E-state index in [9.17, 15) is 9.59 Å². The van der Waals surface area contributed by atoms with Gasteiger partial charge < -0.3 is 15.7 Å². The van der Waals surface area contributed by atoms with E-state index in [1.807, 2.05) is 6.92 Å². The molecule has 0 heterocycles. The molecule has 5 heteroatoms. The van der Waals surface area contributed by atoms with Crippen molar-refractivity contribution in [1.82, 2.24) is 10.6 Å². The van der Waals surface area contributed by atoms with Gasteiger partial charge in [-0.15, -0.1) is 0 Å². The first-order chi connectivity index (χ1) is 6.20. The normalized spacial score (nSPS) is 9.38. The lowest BCUT2D eigenvalue weighted by atomic mass is 10.3. The molecule has 0 radical (unpaired) electrons. The summed E-state index contributed by atoms with van der Waals surface area (Å²) in [5.41, 5.74) is 0. The molecule has 0 bridgehead atoms. The summed E-state index contributed by atoms with van der Waals surface area (Å²) in [4.78, 5) is 21.8. The Bertz CT molecular complexity index is 171. The third-order valence-corrected chi connectivity index (χ3v) is 1.38. The molecule has 0 spiro atoms. The Labute approximate surface area is 77.5 Å². The summed E-state index contributed by atoms with van der Waals surface area (Å²) >= 11 is 0. The monoisotopic (exact) mass is 188 g/mol. The first kappa shape index (κ1) is 11.9. The van der Waals surface area contributed by atoms with Crippen LogP contribution in [0.2, 0.25) is 0 Å². The van der Waals surface area contributed by atoms with Gasteiger partial charge in [-0.2, -0.15) is 0 Å². The third kappa shape index (κ3) is 7.27. The van der Waals surface area contributed by atoms with Crippen LogP contribution in [0.1, 0.15) is 19.8 Å². The summed E-state index contributed by atoms with van der Waals surface area (Å²) < 4.78 is 0. The number of carbonyl (C=O) groups is 2. The maximum Gasteiger partial charge on any atom is 0.239 e. The molecule has 0 saturated heterocycles. The quantitative estimate of drug-likeness (QED) is 0.501. The van der Waals surface area contributed by atoms with E-state index in [0.29, 0.717) is 13.0 Å². The molecule has 0 aromatic heterocycles. The fraction of sp³-hybridized carbons (Fsp3) is 0.750. The van der Waals surface area contributed by atoms with Gasteiger partial charge in [-0.1, -0.05) is 0 Å². The van der Waals surface area contributed by atoms with E-state index in [1.54, 1.807) is 0 Å². The van der Waals surface area contributed by atoms with Crippen LogP contribution in [0.5, 0.6) is 0 Å². The van der Waals surface area contributed by atoms with E-state index in [0.717, 1.165) is 0 Å². The van der Waals surface area contributed by atoms with Crippen LogP contribution in [0.3, 0.4) is 0 Å². The molecule has 0 rings (SSSR count). The molecular weight excluding hydrogens is 172 g/mol. The van der Waals surface area contributed by atoms with Gasteiger partial charge in [-0.3, -0.25) is 9.59 Å². The zero-order chi connectivity index (χ0) is 10.1. The van der Waals surface area contributed by atoms with E-state index in [1.165, 1.54) is 0 Å².